The predicted octanol–water partition coefficient (Wildman–Crippen LogP) is 1.39. The van der Waals surface area contributed by atoms with E-state index in [1.54, 1.807) is 6.20 Å². The van der Waals surface area contributed by atoms with Gasteiger partial charge in [0.2, 0.25) is 0 Å². The fourth-order valence-corrected chi connectivity index (χ4v) is 1.59. The Morgan fingerprint density at radius 1 is 1.69 bits per heavy atom. The summed E-state index contributed by atoms with van der Waals surface area (Å²) in [7, 11) is 0. The molecule has 72 valence electrons. The van der Waals surface area contributed by atoms with Crippen molar-refractivity contribution in [3.8, 4) is 0 Å². The molecule has 1 aromatic rings. The molecule has 1 aliphatic heterocycles. The number of aromatic nitrogens is 2. The molecule has 4 heteroatoms. The second kappa shape index (κ2) is 4.28. The maximum atomic E-state index is 5.50. The summed E-state index contributed by atoms with van der Waals surface area (Å²) >= 11 is 0. The van der Waals surface area contributed by atoms with Crippen LogP contribution in [0.25, 0.3) is 0 Å². The van der Waals surface area contributed by atoms with Gasteiger partial charge in [0.25, 0.3) is 0 Å². The number of H-pyrrole nitrogens is 1. The first-order chi connectivity index (χ1) is 6.45. The maximum Gasteiger partial charge on any atom is 0.200 e. The van der Waals surface area contributed by atoms with E-state index in [1.807, 2.05) is 6.20 Å². The highest BCUT2D eigenvalue weighted by molar-refractivity contribution is 5.22. The molecule has 13 heavy (non-hydrogen) atoms. The van der Waals surface area contributed by atoms with Gasteiger partial charge in [-0.3, -0.25) is 0 Å². The summed E-state index contributed by atoms with van der Waals surface area (Å²) in [4.78, 5) is 7.07. The van der Waals surface area contributed by atoms with Gasteiger partial charge in [0.05, 0.1) is 6.10 Å². The van der Waals surface area contributed by atoms with E-state index in [1.165, 1.54) is 12.8 Å². The Kier molecular flexibility index (Phi) is 2.82. The van der Waals surface area contributed by atoms with Gasteiger partial charge in [-0.05, 0) is 19.3 Å². The van der Waals surface area contributed by atoms with Crippen molar-refractivity contribution in [2.24, 2.45) is 0 Å². The molecule has 2 N–H and O–H groups in total. The van der Waals surface area contributed by atoms with Crippen molar-refractivity contribution in [3.05, 3.63) is 12.4 Å². The monoisotopic (exact) mass is 181 g/mol. The lowest BCUT2D eigenvalue weighted by Crippen LogP contribution is -2.12. The van der Waals surface area contributed by atoms with Crippen LogP contribution in [0.5, 0.6) is 0 Å². The second-order valence-corrected chi connectivity index (χ2v) is 3.29. The van der Waals surface area contributed by atoms with E-state index >= 15 is 0 Å². The highest BCUT2D eigenvalue weighted by Crippen LogP contribution is 2.14. The number of ether oxygens (including phenoxy) is 1. The number of aromatic amines is 1. The zero-order valence-corrected chi connectivity index (χ0v) is 7.62. The van der Waals surface area contributed by atoms with E-state index in [-0.39, 0.29) is 0 Å². The molecule has 1 aliphatic rings. The lowest BCUT2D eigenvalue weighted by atomic mass is 10.2. The first-order valence-electron chi connectivity index (χ1n) is 4.80. The van der Waals surface area contributed by atoms with Gasteiger partial charge in [0.1, 0.15) is 0 Å². The Morgan fingerprint density at radius 3 is 3.38 bits per heavy atom. The van der Waals surface area contributed by atoms with Gasteiger partial charge >= 0.3 is 0 Å². The first-order valence-corrected chi connectivity index (χ1v) is 4.80. The number of hydrogen-bond donors (Lipinski definition) is 2. The number of anilines is 1. The first kappa shape index (κ1) is 8.56. The van der Waals surface area contributed by atoms with Crippen molar-refractivity contribution in [2.75, 3.05) is 18.5 Å². The minimum atomic E-state index is 0.461. The molecular weight excluding hydrogens is 166 g/mol. The van der Waals surface area contributed by atoms with Gasteiger partial charge in [-0.25, -0.2) is 4.98 Å². The maximum absolute atomic E-state index is 5.50. The molecule has 1 atom stereocenters. The third kappa shape index (κ3) is 2.45. The van der Waals surface area contributed by atoms with Gasteiger partial charge < -0.3 is 15.0 Å². The average Bonchev–Trinajstić information content (AvgIpc) is 2.75. The molecule has 0 aromatic carbocycles. The van der Waals surface area contributed by atoms with Crippen LogP contribution in [-0.4, -0.2) is 29.2 Å². The second-order valence-electron chi connectivity index (χ2n) is 3.29. The van der Waals surface area contributed by atoms with E-state index in [9.17, 15) is 0 Å². The van der Waals surface area contributed by atoms with Crippen LogP contribution in [0.4, 0.5) is 5.95 Å². The van der Waals surface area contributed by atoms with Crippen LogP contribution < -0.4 is 5.32 Å². The number of hydrogen-bond acceptors (Lipinski definition) is 3. The highest BCUT2D eigenvalue weighted by Gasteiger charge is 2.14. The van der Waals surface area contributed by atoms with Crippen LogP contribution in [0.3, 0.4) is 0 Å². The quantitative estimate of drug-likeness (QED) is 0.738. The Hall–Kier alpha value is -1.03. The van der Waals surface area contributed by atoms with Gasteiger partial charge in [-0.2, -0.15) is 0 Å². The Morgan fingerprint density at radius 2 is 2.69 bits per heavy atom. The van der Waals surface area contributed by atoms with Crippen molar-refractivity contribution in [2.45, 2.75) is 25.4 Å². The highest BCUT2D eigenvalue weighted by atomic mass is 16.5. The molecule has 0 radical (unpaired) electrons. The predicted molar refractivity (Wildman–Crippen MR) is 50.7 cm³/mol. The van der Waals surface area contributed by atoms with Crippen LogP contribution in [0, 0.1) is 0 Å². The number of imidazole rings is 1. The van der Waals surface area contributed by atoms with Gasteiger partial charge in [0.15, 0.2) is 5.95 Å². The normalized spacial score (nSPS) is 22.0. The largest absolute Gasteiger partial charge is 0.378 e. The molecule has 0 aliphatic carbocycles. The summed E-state index contributed by atoms with van der Waals surface area (Å²) in [5.74, 6) is 0.845. The summed E-state index contributed by atoms with van der Waals surface area (Å²) in [5.41, 5.74) is 0. The molecule has 0 spiro atoms. The topological polar surface area (TPSA) is 49.9 Å². The molecule has 0 bridgehead atoms. The summed E-state index contributed by atoms with van der Waals surface area (Å²) < 4.78 is 5.50. The Bertz CT molecular complexity index is 229. The molecular formula is C9H15N3O. The standard InChI is InChI=1S/C9H15N3O/c1-2-8(13-7-1)3-4-10-9-11-5-6-12-9/h5-6,8H,1-4,7H2,(H2,10,11,12). The van der Waals surface area contributed by atoms with Gasteiger partial charge in [0, 0.05) is 25.5 Å². The van der Waals surface area contributed by atoms with Crippen LogP contribution in [0.1, 0.15) is 19.3 Å². The van der Waals surface area contributed by atoms with E-state index in [0.29, 0.717) is 6.10 Å². The minimum absolute atomic E-state index is 0.461. The minimum Gasteiger partial charge on any atom is -0.378 e. The zero-order chi connectivity index (χ0) is 8.93. The summed E-state index contributed by atoms with van der Waals surface area (Å²) in [6.45, 7) is 1.86. The molecule has 1 aromatic heterocycles. The van der Waals surface area contributed by atoms with Crippen LogP contribution in [0.2, 0.25) is 0 Å². The lowest BCUT2D eigenvalue weighted by molar-refractivity contribution is 0.107. The summed E-state index contributed by atoms with van der Waals surface area (Å²) in [5, 5.41) is 3.20. The van der Waals surface area contributed by atoms with Crippen LogP contribution in [0.15, 0.2) is 12.4 Å². The van der Waals surface area contributed by atoms with E-state index in [0.717, 1.165) is 25.5 Å². The van der Waals surface area contributed by atoms with E-state index in [2.05, 4.69) is 15.3 Å². The molecule has 1 unspecified atom stereocenters. The van der Waals surface area contributed by atoms with Crippen molar-refractivity contribution in [1.29, 1.82) is 0 Å². The molecule has 1 saturated heterocycles. The Balaban J connectivity index is 1.63. The molecule has 2 rings (SSSR count). The van der Waals surface area contributed by atoms with Crippen molar-refractivity contribution < 1.29 is 4.74 Å². The van der Waals surface area contributed by atoms with Crippen LogP contribution >= 0.6 is 0 Å². The van der Waals surface area contributed by atoms with Gasteiger partial charge in [-0.1, -0.05) is 0 Å². The summed E-state index contributed by atoms with van der Waals surface area (Å²) in [6.07, 6.45) is 7.51. The molecule has 1 fully saturated rings. The fourth-order valence-electron chi connectivity index (χ4n) is 1.59. The van der Waals surface area contributed by atoms with E-state index in [4.69, 9.17) is 4.74 Å². The third-order valence-corrected chi connectivity index (χ3v) is 2.28. The smallest absolute Gasteiger partial charge is 0.200 e. The summed E-state index contributed by atoms with van der Waals surface area (Å²) in [6, 6.07) is 0. The van der Waals surface area contributed by atoms with Crippen molar-refractivity contribution >= 4 is 5.95 Å². The third-order valence-electron chi connectivity index (χ3n) is 2.28. The van der Waals surface area contributed by atoms with Gasteiger partial charge in [-0.15, -0.1) is 0 Å². The van der Waals surface area contributed by atoms with Crippen molar-refractivity contribution in [3.63, 3.8) is 0 Å². The molecule has 2 heterocycles. The molecule has 0 saturated carbocycles. The lowest BCUT2D eigenvalue weighted by Gasteiger charge is -2.08. The van der Waals surface area contributed by atoms with E-state index < -0.39 is 0 Å². The molecule has 0 amide bonds. The number of rotatable bonds is 4. The number of nitrogens with zero attached hydrogens (tertiary/aromatic N) is 1. The average molecular weight is 181 g/mol. The Labute approximate surface area is 77.7 Å². The molecule has 4 nitrogen and oxygen atoms in total. The zero-order valence-electron chi connectivity index (χ0n) is 7.62. The SMILES string of the molecule is c1c[nH]c(NCCC2CCCO2)n1. The van der Waals surface area contributed by atoms with Crippen LogP contribution in [-0.2, 0) is 4.74 Å². The van der Waals surface area contributed by atoms with Crippen molar-refractivity contribution in [1.82, 2.24) is 9.97 Å². The fraction of sp³-hybridized carbons (Fsp3) is 0.667. The number of nitrogens with one attached hydrogen (secondary N) is 2.